The summed E-state index contributed by atoms with van der Waals surface area (Å²) in [6.07, 6.45) is 3.70. The maximum Gasteiger partial charge on any atom is 0.313 e. The van der Waals surface area contributed by atoms with Crippen molar-refractivity contribution in [3.63, 3.8) is 0 Å². The van der Waals surface area contributed by atoms with Crippen LogP contribution in [0.4, 0.5) is 0 Å². The Balaban J connectivity index is 2.26. The van der Waals surface area contributed by atoms with Gasteiger partial charge in [-0.15, -0.1) is 11.8 Å². The Labute approximate surface area is 109 Å². The lowest BCUT2D eigenvalue weighted by atomic mass is 10.1. The number of aromatic nitrogens is 2. The number of hydrogen-bond donors (Lipinski definition) is 2. The number of nitrogens with zero attached hydrogens (tertiary/aromatic N) is 1. The van der Waals surface area contributed by atoms with Crippen LogP contribution in [0.1, 0.15) is 18.7 Å². The van der Waals surface area contributed by atoms with Crippen LogP contribution in [0, 0.1) is 0 Å². The van der Waals surface area contributed by atoms with Crippen molar-refractivity contribution < 1.29 is 9.90 Å². The molecule has 0 amide bonds. The molecule has 0 spiro atoms. The Kier molecular flexibility index (Phi) is 3.72. The van der Waals surface area contributed by atoms with Gasteiger partial charge in [0.05, 0.1) is 11.9 Å². The maximum atomic E-state index is 10.9. The third-order valence-electron chi connectivity index (χ3n) is 2.78. The summed E-state index contributed by atoms with van der Waals surface area (Å²) in [6.45, 7) is 1.61. The molecule has 0 aliphatic heterocycles. The van der Waals surface area contributed by atoms with Crippen molar-refractivity contribution in [2.75, 3.05) is 6.26 Å². The minimum absolute atomic E-state index is 0.478. The minimum atomic E-state index is -0.881. The molecule has 18 heavy (non-hydrogen) atoms. The molecular formula is C13H14N2O2S. The Morgan fingerprint density at radius 3 is 2.61 bits per heavy atom. The molecule has 2 rings (SSSR count). The van der Waals surface area contributed by atoms with Crippen LogP contribution < -0.4 is 0 Å². The van der Waals surface area contributed by atoms with Gasteiger partial charge in [-0.2, -0.15) is 0 Å². The highest BCUT2D eigenvalue weighted by atomic mass is 32.2. The topological polar surface area (TPSA) is 66.0 Å². The molecule has 0 bridgehead atoms. The molecule has 1 aromatic heterocycles. The van der Waals surface area contributed by atoms with Crippen molar-refractivity contribution in [1.29, 1.82) is 0 Å². The summed E-state index contributed by atoms with van der Waals surface area (Å²) in [4.78, 5) is 19.2. The van der Waals surface area contributed by atoms with Crippen LogP contribution >= 0.6 is 11.8 Å². The molecule has 2 N–H and O–H groups in total. The normalized spacial score (nSPS) is 12.3. The van der Waals surface area contributed by atoms with Crippen LogP contribution in [0.3, 0.4) is 0 Å². The van der Waals surface area contributed by atoms with Crippen molar-refractivity contribution >= 4 is 17.7 Å². The number of H-pyrrole nitrogens is 1. The zero-order chi connectivity index (χ0) is 13.1. The lowest BCUT2D eigenvalue weighted by Crippen LogP contribution is -2.08. The summed E-state index contributed by atoms with van der Waals surface area (Å²) in [5.74, 6) is -1.02. The molecule has 0 radical (unpaired) electrons. The van der Waals surface area contributed by atoms with Gasteiger partial charge in [0, 0.05) is 4.90 Å². The van der Waals surface area contributed by atoms with Gasteiger partial charge in [0.2, 0.25) is 0 Å². The van der Waals surface area contributed by atoms with E-state index in [4.69, 9.17) is 5.11 Å². The van der Waals surface area contributed by atoms with E-state index in [0.717, 1.165) is 11.3 Å². The van der Waals surface area contributed by atoms with Gasteiger partial charge in [0.15, 0.2) is 0 Å². The molecule has 94 valence electrons. The van der Waals surface area contributed by atoms with E-state index in [1.165, 1.54) is 4.90 Å². The highest BCUT2D eigenvalue weighted by Gasteiger charge is 2.17. The molecule has 1 aromatic carbocycles. The van der Waals surface area contributed by atoms with Gasteiger partial charge in [-0.3, -0.25) is 4.79 Å². The van der Waals surface area contributed by atoms with Gasteiger partial charge < -0.3 is 10.1 Å². The third-order valence-corrected chi connectivity index (χ3v) is 3.52. The first kappa shape index (κ1) is 12.7. The molecule has 0 aliphatic rings. The minimum Gasteiger partial charge on any atom is -0.481 e. The number of benzene rings is 1. The summed E-state index contributed by atoms with van der Waals surface area (Å²) < 4.78 is 0. The quantitative estimate of drug-likeness (QED) is 0.831. The Hall–Kier alpha value is -1.75. The highest BCUT2D eigenvalue weighted by molar-refractivity contribution is 7.98. The molecule has 4 nitrogen and oxygen atoms in total. The number of carboxylic acid groups (broad SMARTS) is 1. The van der Waals surface area contributed by atoms with Crippen molar-refractivity contribution in [2.24, 2.45) is 0 Å². The van der Waals surface area contributed by atoms with E-state index in [0.29, 0.717) is 5.82 Å². The molecular weight excluding hydrogens is 248 g/mol. The van der Waals surface area contributed by atoms with E-state index >= 15 is 0 Å². The first-order valence-electron chi connectivity index (χ1n) is 5.54. The number of imidazole rings is 1. The van der Waals surface area contributed by atoms with E-state index in [1.54, 1.807) is 24.9 Å². The molecule has 0 saturated heterocycles. The van der Waals surface area contributed by atoms with E-state index in [-0.39, 0.29) is 0 Å². The van der Waals surface area contributed by atoms with Crippen LogP contribution in [-0.2, 0) is 4.79 Å². The van der Waals surface area contributed by atoms with Gasteiger partial charge in [0.1, 0.15) is 11.7 Å². The number of nitrogens with one attached hydrogen (secondary N) is 1. The smallest absolute Gasteiger partial charge is 0.313 e. The monoisotopic (exact) mass is 262 g/mol. The standard InChI is InChI=1S/C13H14N2O2S/c1-8(13(16)17)12-14-7-11(15-12)9-3-5-10(18-2)6-4-9/h3-8H,1-2H3,(H,14,15)(H,16,17). The number of carboxylic acids is 1. The van der Waals surface area contributed by atoms with Crippen LogP contribution in [0.5, 0.6) is 0 Å². The summed E-state index contributed by atoms with van der Waals surface area (Å²) in [5.41, 5.74) is 1.84. The fraction of sp³-hybridized carbons (Fsp3) is 0.231. The van der Waals surface area contributed by atoms with Gasteiger partial charge in [-0.25, -0.2) is 4.98 Å². The van der Waals surface area contributed by atoms with Crippen LogP contribution in [0.25, 0.3) is 11.3 Å². The lowest BCUT2D eigenvalue weighted by Gasteiger charge is -2.02. The molecule has 0 saturated carbocycles. The van der Waals surface area contributed by atoms with Crippen molar-refractivity contribution in [3.05, 3.63) is 36.3 Å². The summed E-state index contributed by atoms with van der Waals surface area (Å²) >= 11 is 1.68. The summed E-state index contributed by atoms with van der Waals surface area (Å²) in [7, 11) is 0. The molecule has 0 aliphatic carbocycles. The molecule has 1 atom stereocenters. The van der Waals surface area contributed by atoms with Crippen LogP contribution in [0.2, 0.25) is 0 Å². The fourth-order valence-corrected chi connectivity index (χ4v) is 2.00. The first-order valence-corrected chi connectivity index (χ1v) is 6.76. The first-order chi connectivity index (χ1) is 8.61. The van der Waals surface area contributed by atoms with E-state index in [9.17, 15) is 4.79 Å². The zero-order valence-electron chi connectivity index (χ0n) is 10.2. The second kappa shape index (κ2) is 5.27. The van der Waals surface area contributed by atoms with Gasteiger partial charge in [-0.05, 0) is 30.9 Å². The van der Waals surface area contributed by atoms with E-state index in [2.05, 4.69) is 9.97 Å². The van der Waals surface area contributed by atoms with Crippen LogP contribution in [-0.4, -0.2) is 27.3 Å². The number of aromatic amines is 1. The van der Waals surface area contributed by atoms with Gasteiger partial charge in [0.25, 0.3) is 0 Å². The average Bonchev–Trinajstić information content (AvgIpc) is 2.87. The second-order valence-electron chi connectivity index (χ2n) is 3.97. The number of hydrogen-bond acceptors (Lipinski definition) is 3. The fourth-order valence-electron chi connectivity index (χ4n) is 1.59. The predicted molar refractivity (Wildman–Crippen MR) is 71.9 cm³/mol. The van der Waals surface area contributed by atoms with Crippen LogP contribution in [0.15, 0.2) is 35.4 Å². The average molecular weight is 262 g/mol. The number of aliphatic carboxylic acids is 1. The Bertz CT molecular complexity index is 548. The predicted octanol–water partition coefficient (Wildman–Crippen LogP) is 2.99. The molecule has 1 unspecified atom stereocenters. The van der Waals surface area contributed by atoms with Crippen molar-refractivity contribution in [2.45, 2.75) is 17.7 Å². The van der Waals surface area contributed by atoms with Gasteiger partial charge >= 0.3 is 5.97 Å². The maximum absolute atomic E-state index is 10.9. The van der Waals surface area contributed by atoms with Crippen molar-refractivity contribution in [3.8, 4) is 11.3 Å². The lowest BCUT2D eigenvalue weighted by molar-refractivity contribution is -0.138. The van der Waals surface area contributed by atoms with E-state index in [1.807, 2.05) is 30.5 Å². The molecule has 2 aromatic rings. The SMILES string of the molecule is CSc1ccc(-c2cnc(C(C)C(=O)O)[nH]2)cc1. The Morgan fingerprint density at radius 1 is 1.39 bits per heavy atom. The van der Waals surface area contributed by atoms with Gasteiger partial charge in [-0.1, -0.05) is 12.1 Å². The summed E-state index contributed by atoms with van der Waals surface area (Å²) in [6, 6.07) is 8.05. The third kappa shape index (κ3) is 2.56. The molecule has 5 heteroatoms. The zero-order valence-corrected chi connectivity index (χ0v) is 11.0. The highest BCUT2D eigenvalue weighted by Crippen LogP contribution is 2.23. The largest absolute Gasteiger partial charge is 0.481 e. The number of rotatable bonds is 4. The number of thioether (sulfide) groups is 1. The summed E-state index contributed by atoms with van der Waals surface area (Å²) in [5, 5.41) is 8.92. The molecule has 0 fully saturated rings. The second-order valence-corrected chi connectivity index (χ2v) is 4.85. The number of carbonyl (C=O) groups is 1. The van der Waals surface area contributed by atoms with Crippen molar-refractivity contribution in [1.82, 2.24) is 9.97 Å². The molecule has 1 heterocycles. The van der Waals surface area contributed by atoms with E-state index < -0.39 is 11.9 Å². The Morgan fingerprint density at radius 2 is 2.06 bits per heavy atom.